The van der Waals surface area contributed by atoms with E-state index >= 15 is 0 Å². The lowest BCUT2D eigenvalue weighted by Gasteiger charge is -2.39. The van der Waals surface area contributed by atoms with Gasteiger partial charge in [0.25, 0.3) is 0 Å². The van der Waals surface area contributed by atoms with Crippen molar-refractivity contribution >= 4 is 23.2 Å². The van der Waals surface area contributed by atoms with Gasteiger partial charge < -0.3 is 20.5 Å². The Labute approximate surface area is 123 Å². The van der Waals surface area contributed by atoms with E-state index in [1.165, 1.54) is 14.2 Å². The highest BCUT2D eigenvalue weighted by molar-refractivity contribution is 6.34. The number of methoxy groups -OCH3 is 2. The van der Waals surface area contributed by atoms with E-state index in [-0.39, 0.29) is 5.91 Å². The zero-order valence-electron chi connectivity index (χ0n) is 11.7. The number of anilines is 1. The summed E-state index contributed by atoms with van der Waals surface area (Å²) in [4.78, 5) is 12.3. The van der Waals surface area contributed by atoms with Gasteiger partial charge in [0, 0.05) is 18.7 Å². The molecule has 1 aromatic rings. The van der Waals surface area contributed by atoms with E-state index in [2.05, 4.69) is 5.32 Å². The van der Waals surface area contributed by atoms with E-state index in [9.17, 15) is 4.79 Å². The standard InChI is InChI=1S/C14H19ClN2O3/c1-19-11-6-9(15)10(7-12(11)20-2)17-13(18)14(8-16)4-3-5-14/h6-7H,3-5,8,16H2,1-2H3,(H,17,18). The Hall–Kier alpha value is -1.46. The van der Waals surface area contributed by atoms with Crippen molar-refractivity contribution in [1.29, 1.82) is 0 Å². The lowest BCUT2D eigenvalue weighted by Crippen LogP contribution is -2.47. The fraction of sp³-hybridized carbons (Fsp3) is 0.500. The van der Waals surface area contributed by atoms with Crippen LogP contribution in [0.5, 0.6) is 11.5 Å². The van der Waals surface area contributed by atoms with E-state index in [0.29, 0.717) is 28.8 Å². The number of benzene rings is 1. The van der Waals surface area contributed by atoms with Gasteiger partial charge in [0.1, 0.15) is 0 Å². The van der Waals surface area contributed by atoms with Crippen LogP contribution in [0.4, 0.5) is 5.69 Å². The Morgan fingerprint density at radius 3 is 2.40 bits per heavy atom. The molecular weight excluding hydrogens is 280 g/mol. The van der Waals surface area contributed by atoms with Crippen LogP contribution in [0.15, 0.2) is 12.1 Å². The fourth-order valence-corrected chi connectivity index (χ4v) is 2.53. The minimum atomic E-state index is -0.448. The van der Waals surface area contributed by atoms with Gasteiger partial charge in [0.15, 0.2) is 11.5 Å². The van der Waals surface area contributed by atoms with Crippen molar-refractivity contribution in [3.8, 4) is 11.5 Å². The molecule has 0 atom stereocenters. The van der Waals surface area contributed by atoms with Crippen LogP contribution in [0.1, 0.15) is 19.3 Å². The molecule has 1 saturated carbocycles. The van der Waals surface area contributed by atoms with Gasteiger partial charge in [-0.25, -0.2) is 0 Å². The third-order valence-corrected chi connectivity index (χ3v) is 4.22. The summed E-state index contributed by atoms with van der Waals surface area (Å²) in [5.74, 6) is 0.954. The Morgan fingerprint density at radius 2 is 1.95 bits per heavy atom. The molecule has 0 radical (unpaired) electrons. The van der Waals surface area contributed by atoms with Crippen LogP contribution in [0.3, 0.4) is 0 Å². The van der Waals surface area contributed by atoms with Crippen LogP contribution < -0.4 is 20.5 Å². The summed E-state index contributed by atoms with van der Waals surface area (Å²) in [6.45, 7) is 0.351. The van der Waals surface area contributed by atoms with Crippen LogP contribution in [0, 0.1) is 5.41 Å². The van der Waals surface area contributed by atoms with Gasteiger partial charge in [-0.15, -0.1) is 0 Å². The monoisotopic (exact) mass is 298 g/mol. The molecule has 1 aliphatic carbocycles. The summed E-state index contributed by atoms with van der Waals surface area (Å²) < 4.78 is 10.4. The average Bonchev–Trinajstić information content (AvgIpc) is 2.40. The van der Waals surface area contributed by atoms with Gasteiger partial charge in [0.05, 0.1) is 30.3 Å². The fourth-order valence-electron chi connectivity index (χ4n) is 2.33. The second-order valence-corrected chi connectivity index (χ2v) is 5.39. The van der Waals surface area contributed by atoms with Crippen molar-refractivity contribution in [2.75, 3.05) is 26.1 Å². The van der Waals surface area contributed by atoms with Crippen LogP contribution in [0.25, 0.3) is 0 Å². The molecule has 1 aromatic carbocycles. The van der Waals surface area contributed by atoms with Gasteiger partial charge in [0.2, 0.25) is 5.91 Å². The maximum atomic E-state index is 12.3. The Kier molecular flexibility index (Phi) is 4.40. The number of amides is 1. The normalized spacial score (nSPS) is 16.2. The smallest absolute Gasteiger partial charge is 0.231 e. The lowest BCUT2D eigenvalue weighted by molar-refractivity contribution is -0.129. The summed E-state index contributed by atoms with van der Waals surface area (Å²) in [5.41, 5.74) is 5.79. The number of nitrogens with two attached hydrogens (primary N) is 1. The van der Waals surface area contributed by atoms with Crippen LogP contribution >= 0.6 is 11.6 Å². The minimum absolute atomic E-state index is 0.0830. The van der Waals surface area contributed by atoms with Crippen LogP contribution in [-0.2, 0) is 4.79 Å². The second kappa shape index (κ2) is 5.89. The first-order valence-corrected chi connectivity index (χ1v) is 6.87. The van der Waals surface area contributed by atoms with Gasteiger partial charge in [-0.2, -0.15) is 0 Å². The minimum Gasteiger partial charge on any atom is -0.493 e. The predicted octanol–water partition coefficient (Wildman–Crippen LogP) is 2.42. The van der Waals surface area contributed by atoms with Gasteiger partial charge in [-0.1, -0.05) is 18.0 Å². The Balaban J connectivity index is 2.23. The van der Waals surface area contributed by atoms with Crippen molar-refractivity contribution in [3.63, 3.8) is 0 Å². The molecule has 0 aromatic heterocycles. The van der Waals surface area contributed by atoms with Crippen molar-refractivity contribution in [2.45, 2.75) is 19.3 Å². The summed E-state index contributed by atoms with van der Waals surface area (Å²) in [6.07, 6.45) is 2.67. The summed E-state index contributed by atoms with van der Waals surface area (Å²) in [5, 5.41) is 3.25. The zero-order chi connectivity index (χ0) is 14.8. The molecule has 0 aliphatic heterocycles. The Morgan fingerprint density at radius 1 is 1.35 bits per heavy atom. The third kappa shape index (κ3) is 2.55. The first-order chi connectivity index (χ1) is 9.56. The lowest BCUT2D eigenvalue weighted by atomic mass is 9.68. The molecule has 1 aliphatic rings. The first kappa shape index (κ1) is 14.9. The maximum absolute atomic E-state index is 12.3. The van der Waals surface area contributed by atoms with E-state index in [0.717, 1.165) is 19.3 Å². The molecule has 20 heavy (non-hydrogen) atoms. The summed E-state index contributed by atoms with van der Waals surface area (Å²) in [7, 11) is 3.06. The first-order valence-electron chi connectivity index (χ1n) is 6.49. The summed E-state index contributed by atoms with van der Waals surface area (Å²) >= 11 is 6.15. The van der Waals surface area contributed by atoms with Gasteiger partial charge >= 0.3 is 0 Å². The molecule has 0 spiro atoms. The number of halogens is 1. The molecule has 5 nitrogen and oxygen atoms in total. The predicted molar refractivity (Wildman–Crippen MR) is 78.5 cm³/mol. The number of nitrogens with one attached hydrogen (secondary N) is 1. The molecule has 2 rings (SSSR count). The van der Waals surface area contributed by atoms with E-state index in [4.69, 9.17) is 26.8 Å². The molecule has 0 heterocycles. The molecule has 1 fully saturated rings. The number of hydrogen-bond acceptors (Lipinski definition) is 4. The molecule has 0 unspecified atom stereocenters. The highest BCUT2D eigenvalue weighted by atomic mass is 35.5. The molecule has 0 bridgehead atoms. The topological polar surface area (TPSA) is 73.6 Å². The number of carbonyl (C=O) groups is 1. The number of carbonyl (C=O) groups excluding carboxylic acids is 1. The largest absolute Gasteiger partial charge is 0.493 e. The summed E-state index contributed by atoms with van der Waals surface area (Å²) in [6, 6.07) is 3.27. The molecule has 110 valence electrons. The van der Waals surface area contributed by atoms with Crippen molar-refractivity contribution in [1.82, 2.24) is 0 Å². The Bertz CT molecular complexity index is 510. The van der Waals surface area contributed by atoms with E-state index in [1.807, 2.05) is 0 Å². The number of hydrogen-bond donors (Lipinski definition) is 2. The quantitative estimate of drug-likeness (QED) is 0.875. The molecule has 3 N–H and O–H groups in total. The van der Waals surface area contributed by atoms with Gasteiger partial charge in [-0.05, 0) is 12.8 Å². The highest BCUT2D eigenvalue weighted by Crippen LogP contribution is 2.42. The van der Waals surface area contributed by atoms with Crippen molar-refractivity contribution < 1.29 is 14.3 Å². The molecule has 6 heteroatoms. The number of rotatable bonds is 5. The second-order valence-electron chi connectivity index (χ2n) is 4.98. The maximum Gasteiger partial charge on any atom is 0.231 e. The zero-order valence-corrected chi connectivity index (χ0v) is 12.4. The van der Waals surface area contributed by atoms with Crippen LogP contribution in [0.2, 0.25) is 5.02 Å². The van der Waals surface area contributed by atoms with Crippen molar-refractivity contribution in [3.05, 3.63) is 17.2 Å². The average molecular weight is 299 g/mol. The van der Waals surface area contributed by atoms with E-state index in [1.54, 1.807) is 12.1 Å². The number of ether oxygens (including phenoxy) is 2. The third-order valence-electron chi connectivity index (χ3n) is 3.90. The van der Waals surface area contributed by atoms with E-state index < -0.39 is 5.41 Å². The molecule has 0 saturated heterocycles. The van der Waals surface area contributed by atoms with Crippen molar-refractivity contribution in [2.24, 2.45) is 11.1 Å². The highest BCUT2D eigenvalue weighted by Gasteiger charge is 2.43. The molecular formula is C14H19ClN2O3. The SMILES string of the molecule is COc1cc(Cl)c(NC(=O)C2(CN)CCC2)cc1OC. The van der Waals surface area contributed by atoms with Gasteiger partial charge in [-0.3, -0.25) is 4.79 Å². The molecule has 1 amide bonds. The van der Waals surface area contributed by atoms with Crippen LogP contribution in [-0.4, -0.2) is 26.7 Å².